The van der Waals surface area contributed by atoms with Crippen molar-refractivity contribution in [3.8, 4) is 0 Å². The molecule has 1 aromatic rings. The van der Waals surface area contributed by atoms with E-state index in [1.807, 2.05) is 0 Å². The maximum Gasteiger partial charge on any atom is 0.305 e. The number of ketones is 1. The number of carbonyl (C=O) groups excluding carboxylic acids is 1. The first-order valence-electron chi connectivity index (χ1n) is 4.59. The maximum atomic E-state index is 11.0. The predicted octanol–water partition coefficient (Wildman–Crippen LogP) is 1.79. The molecule has 1 unspecified atom stereocenters. The average molecular weight is 244 g/mol. The molecule has 0 heterocycles. The van der Waals surface area contributed by atoms with Gasteiger partial charge in [-0.2, -0.15) is 0 Å². The summed E-state index contributed by atoms with van der Waals surface area (Å²) < 4.78 is 0. The molecule has 88 valence electrons. The molecule has 0 aliphatic carbocycles. The third-order valence-corrected chi connectivity index (χ3v) is 2.14. The summed E-state index contributed by atoms with van der Waals surface area (Å²) in [7, 11) is 0. The zero-order chi connectivity index (χ0) is 11.4. The van der Waals surface area contributed by atoms with Gasteiger partial charge in [0.1, 0.15) is 0 Å². The quantitative estimate of drug-likeness (QED) is 0.790. The summed E-state index contributed by atoms with van der Waals surface area (Å²) in [5.41, 5.74) is 6.98. The van der Waals surface area contributed by atoms with Gasteiger partial charge in [-0.25, -0.2) is 0 Å². The summed E-state index contributed by atoms with van der Waals surface area (Å²) >= 11 is 0. The number of halogens is 1. The van der Waals surface area contributed by atoms with E-state index in [1.165, 1.54) is 6.92 Å². The largest absolute Gasteiger partial charge is 0.481 e. The highest BCUT2D eigenvalue weighted by Gasteiger charge is 2.10. The molecule has 0 aliphatic rings. The molecular weight excluding hydrogens is 230 g/mol. The Morgan fingerprint density at radius 2 is 1.81 bits per heavy atom. The predicted molar refractivity (Wildman–Crippen MR) is 62.9 cm³/mol. The SMILES string of the molecule is CC(=O)c1ccc(C(N)CC(=O)O)cc1.Cl. The van der Waals surface area contributed by atoms with Gasteiger partial charge >= 0.3 is 5.97 Å². The number of nitrogens with two attached hydrogens (primary N) is 1. The van der Waals surface area contributed by atoms with E-state index in [1.54, 1.807) is 24.3 Å². The molecule has 1 atom stereocenters. The highest BCUT2D eigenvalue weighted by atomic mass is 35.5. The van der Waals surface area contributed by atoms with E-state index in [-0.39, 0.29) is 24.6 Å². The van der Waals surface area contributed by atoms with E-state index in [9.17, 15) is 9.59 Å². The zero-order valence-electron chi connectivity index (χ0n) is 8.84. The number of Topliss-reactive ketones (excluding diaryl/α,β-unsaturated/α-hetero) is 1. The number of carboxylic acids is 1. The Labute approximate surface area is 99.9 Å². The fourth-order valence-corrected chi connectivity index (χ4v) is 1.27. The number of hydrogen-bond donors (Lipinski definition) is 2. The van der Waals surface area contributed by atoms with Crippen LogP contribution in [-0.4, -0.2) is 16.9 Å². The van der Waals surface area contributed by atoms with Crippen LogP contribution in [0.4, 0.5) is 0 Å². The summed E-state index contributed by atoms with van der Waals surface area (Å²) in [6, 6.07) is 6.15. The van der Waals surface area contributed by atoms with Crippen molar-refractivity contribution in [1.82, 2.24) is 0 Å². The minimum atomic E-state index is -0.932. The molecule has 16 heavy (non-hydrogen) atoms. The normalized spacial score (nSPS) is 11.4. The van der Waals surface area contributed by atoms with Crippen LogP contribution in [-0.2, 0) is 4.79 Å². The zero-order valence-corrected chi connectivity index (χ0v) is 9.66. The minimum Gasteiger partial charge on any atom is -0.481 e. The number of aliphatic carboxylic acids is 1. The average Bonchev–Trinajstić information content (AvgIpc) is 2.17. The van der Waals surface area contributed by atoms with E-state index < -0.39 is 12.0 Å². The van der Waals surface area contributed by atoms with E-state index in [2.05, 4.69) is 0 Å². The molecule has 0 amide bonds. The van der Waals surface area contributed by atoms with Gasteiger partial charge < -0.3 is 10.8 Å². The van der Waals surface area contributed by atoms with Gasteiger partial charge in [-0.1, -0.05) is 24.3 Å². The van der Waals surface area contributed by atoms with Gasteiger partial charge in [-0.05, 0) is 12.5 Å². The van der Waals surface area contributed by atoms with Gasteiger partial charge in [-0.15, -0.1) is 12.4 Å². The van der Waals surface area contributed by atoms with Gasteiger partial charge in [-0.3, -0.25) is 9.59 Å². The Bertz CT molecular complexity index is 375. The van der Waals surface area contributed by atoms with Crippen LogP contribution in [0.2, 0.25) is 0 Å². The molecule has 4 nitrogen and oxygen atoms in total. The molecule has 0 bridgehead atoms. The number of carbonyl (C=O) groups is 2. The Kier molecular flexibility index (Phi) is 5.71. The topological polar surface area (TPSA) is 80.4 Å². The second kappa shape index (κ2) is 6.25. The molecule has 0 aliphatic heterocycles. The van der Waals surface area contributed by atoms with Crippen LogP contribution >= 0.6 is 12.4 Å². The van der Waals surface area contributed by atoms with Crippen molar-refractivity contribution in [3.05, 3.63) is 35.4 Å². The molecule has 1 aromatic carbocycles. The first-order valence-corrected chi connectivity index (χ1v) is 4.59. The first-order chi connectivity index (χ1) is 7.00. The van der Waals surface area contributed by atoms with E-state index >= 15 is 0 Å². The molecule has 0 radical (unpaired) electrons. The molecule has 0 saturated carbocycles. The lowest BCUT2D eigenvalue weighted by molar-refractivity contribution is -0.137. The highest BCUT2D eigenvalue weighted by Crippen LogP contribution is 2.14. The van der Waals surface area contributed by atoms with Crippen LogP contribution in [0.3, 0.4) is 0 Å². The third kappa shape index (κ3) is 4.00. The molecular formula is C11H14ClNO3. The van der Waals surface area contributed by atoms with E-state index in [0.717, 1.165) is 5.56 Å². The second-order valence-electron chi connectivity index (χ2n) is 3.38. The van der Waals surface area contributed by atoms with Crippen molar-refractivity contribution in [2.75, 3.05) is 0 Å². The lowest BCUT2D eigenvalue weighted by atomic mass is 10.0. The molecule has 3 N–H and O–H groups in total. The number of carboxylic acid groups (broad SMARTS) is 1. The van der Waals surface area contributed by atoms with Crippen molar-refractivity contribution >= 4 is 24.2 Å². The maximum absolute atomic E-state index is 11.0. The van der Waals surface area contributed by atoms with Crippen LogP contribution in [0.25, 0.3) is 0 Å². The van der Waals surface area contributed by atoms with Gasteiger partial charge in [0.25, 0.3) is 0 Å². The van der Waals surface area contributed by atoms with Crippen molar-refractivity contribution in [2.24, 2.45) is 5.73 Å². The molecule has 0 spiro atoms. The summed E-state index contributed by atoms with van der Waals surface area (Å²) in [5, 5.41) is 8.55. The van der Waals surface area contributed by atoms with E-state index in [4.69, 9.17) is 10.8 Å². The van der Waals surface area contributed by atoms with Gasteiger partial charge in [0, 0.05) is 11.6 Å². The Morgan fingerprint density at radius 1 is 1.31 bits per heavy atom. The summed E-state index contributed by atoms with van der Waals surface area (Å²) in [5.74, 6) is -0.952. The molecule has 0 fully saturated rings. The van der Waals surface area contributed by atoms with Crippen LogP contribution in [0.5, 0.6) is 0 Å². The Morgan fingerprint density at radius 3 is 2.19 bits per heavy atom. The first kappa shape index (κ1) is 14.6. The summed E-state index contributed by atoms with van der Waals surface area (Å²) in [6.07, 6.45) is -0.112. The van der Waals surface area contributed by atoms with Gasteiger partial charge in [0.2, 0.25) is 0 Å². The van der Waals surface area contributed by atoms with Crippen LogP contribution in [0.1, 0.15) is 35.3 Å². The van der Waals surface area contributed by atoms with Crippen molar-refractivity contribution in [1.29, 1.82) is 0 Å². The smallest absolute Gasteiger partial charge is 0.305 e. The molecule has 0 aromatic heterocycles. The van der Waals surface area contributed by atoms with Crippen LogP contribution < -0.4 is 5.73 Å². The fraction of sp³-hybridized carbons (Fsp3) is 0.273. The Hall–Kier alpha value is -1.39. The summed E-state index contributed by atoms with van der Waals surface area (Å²) in [4.78, 5) is 21.4. The standard InChI is InChI=1S/C11H13NO3.ClH/c1-7(13)8-2-4-9(5-3-8)10(12)6-11(14)15;/h2-5,10H,6,12H2,1H3,(H,14,15);1H. The molecule has 1 rings (SSSR count). The number of rotatable bonds is 4. The van der Waals surface area contributed by atoms with Gasteiger partial charge in [0.05, 0.1) is 6.42 Å². The third-order valence-electron chi connectivity index (χ3n) is 2.14. The van der Waals surface area contributed by atoms with Crippen LogP contribution in [0, 0.1) is 0 Å². The summed E-state index contributed by atoms with van der Waals surface area (Å²) in [6.45, 7) is 1.48. The van der Waals surface area contributed by atoms with Crippen molar-refractivity contribution < 1.29 is 14.7 Å². The Balaban J connectivity index is 0.00000225. The number of hydrogen-bond acceptors (Lipinski definition) is 3. The molecule has 5 heteroatoms. The lowest BCUT2D eigenvalue weighted by Crippen LogP contribution is -2.14. The molecule has 0 saturated heterocycles. The van der Waals surface area contributed by atoms with Gasteiger partial charge in [0.15, 0.2) is 5.78 Å². The van der Waals surface area contributed by atoms with Crippen molar-refractivity contribution in [2.45, 2.75) is 19.4 Å². The highest BCUT2D eigenvalue weighted by molar-refractivity contribution is 5.94. The van der Waals surface area contributed by atoms with Crippen molar-refractivity contribution in [3.63, 3.8) is 0 Å². The van der Waals surface area contributed by atoms with E-state index in [0.29, 0.717) is 5.56 Å². The van der Waals surface area contributed by atoms with Crippen LogP contribution in [0.15, 0.2) is 24.3 Å². The number of benzene rings is 1. The monoisotopic (exact) mass is 243 g/mol. The fourth-order valence-electron chi connectivity index (χ4n) is 1.27. The second-order valence-corrected chi connectivity index (χ2v) is 3.38. The lowest BCUT2D eigenvalue weighted by Gasteiger charge is -2.09. The minimum absolute atomic E-state index is 0.